The quantitative estimate of drug-likeness (QED) is 0.583. The summed E-state index contributed by atoms with van der Waals surface area (Å²) in [4.78, 5) is 22.6. The first kappa shape index (κ1) is 12.0. The number of piperidine rings is 1. The van der Waals surface area contributed by atoms with Crippen LogP contribution < -0.4 is 16.0 Å². The van der Waals surface area contributed by atoms with Gasteiger partial charge in [0.1, 0.15) is 0 Å². The first-order valence-electron chi connectivity index (χ1n) is 5.52. The summed E-state index contributed by atoms with van der Waals surface area (Å²) in [6, 6.07) is -0.117. The monoisotopic (exact) mass is 213 g/mol. The highest BCUT2D eigenvalue weighted by Crippen LogP contribution is 2.06. The number of hydrogen-bond donors (Lipinski definition) is 3. The summed E-state index contributed by atoms with van der Waals surface area (Å²) < 4.78 is 0. The van der Waals surface area contributed by atoms with Gasteiger partial charge in [-0.05, 0) is 26.3 Å². The van der Waals surface area contributed by atoms with E-state index >= 15 is 0 Å². The van der Waals surface area contributed by atoms with Gasteiger partial charge in [0.15, 0.2) is 0 Å². The Balaban J connectivity index is 2.19. The fraction of sp³-hybridized carbons (Fsp3) is 0.800. The second kappa shape index (κ2) is 6.40. The molecule has 1 unspecified atom stereocenters. The minimum absolute atomic E-state index is 0.0686. The van der Waals surface area contributed by atoms with E-state index in [0.29, 0.717) is 6.54 Å². The van der Waals surface area contributed by atoms with E-state index in [1.807, 2.05) is 6.92 Å². The van der Waals surface area contributed by atoms with Crippen molar-refractivity contribution < 1.29 is 9.59 Å². The van der Waals surface area contributed by atoms with Crippen LogP contribution in [0.2, 0.25) is 0 Å². The highest BCUT2D eigenvalue weighted by molar-refractivity contribution is 5.87. The first-order chi connectivity index (χ1) is 7.24. The van der Waals surface area contributed by atoms with Crippen molar-refractivity contribution in [2.24, 2.45) is 0 Å². The van der Waals surface area contributed by atoms with E-state index in [9.17, 15) is 9.59 Å². The predicted molar refractivity (Wildman–Crippen MR) is 57.3 cm³/mol. The van der Waals surface area contributed by atoms with Gasteiger partial charge in [0.05, 0.1) is 12.6 Å². The minimum atomic E-state index is -0.137. The maximum Gasteiger partial charge on any atom is 0.239 e. The van der Waals surface area contributed by atoms with Gasteiger partial charge in [-0.3, -0.25) is 9.59 Å². The molecule has 0 aromatic carbocycles. The van der Waals surface area contributed by atoms with Gasteiger partial charge in [-0.1, -0.05) is 6.42 Å². The van der Waals surface area contributed by atoms with Crippen LogP contribution in [-0.4, -0.2) is 37.5 Å². The standard InChI is InChI=1S/C10H19N3O2/c1-2-11-9(14)7-13-10(15)8-5-3-4-6-12-8/h8,12H,2-7H2,1H3,(H,11,14)(H,13,15). The third-order valence-electron chi connectivity index (χ3n) is 2.42. The molecule has 1 rings (SSSR count). The summed E-state index contributed by atoms with van der Waals surface area (Å²) in [6.45, 7) is 3.41. The van der Waals surface area contributed by atoms with Gasteiger partial charge in [0.2, 0.25) is 11.8 Å². The Morgan fingerprint density at radius 1 is 1.33 bits per heavy atom. The van der Waals surface area contributed by atoms with Crippen molar-refractivity contribution in [1.82, 2.24) is 16.0 Å². The van der Waals surface area contributed by atoms with Gasteiger partial charge in [0.25, 0.3) is 0 Å². The van der Waals surface area contributed by atoms with E-state index in [2.05, 4.69) is 16.0 Å². The molecule has 0 aromatic heterocycles. The lowest BCUT2D eigenvalue weighted by Crippen LogP contribution is -2.48. The molecule has 5 heteroatoms. The molecular formula is C10H19N3O2. The lowest BCUT2D eigenvalue weighted by atomic mass is 10.0. The van der Waals surface area contributed by atoms with Crippen LogP contribution in [0.5, 0.6) is 0 Å². The molecule has 1 heterocycles. The van der Waals surface area contributed by atoms with Crippen LogP contribution in [-0.2, 0) is 9.59 Å². The van der Waals surface area contributed by atoms with Crippen LogP contribution in [0.3, 0.4) is 0 Å². The van der Waals surface area contributed by atoms with Crippen molar-refractivity contribution in [3.63, 3.8) is 0 Å². The summed E-state index contributed by atoms with van der Waals surface area (Å²) in [7, 11) is 0. The average Bonchev–Trinajstić information content (AvgIpc) is 2.27. The van der Waals surface area contributed by atoms with Gasteiger partial charge in [-0.15, -0.1) is 0 Å². The normalized spacial score (nSPS) is 20.7. The molecule has 0 bridgehead atoms. The molecule has 2 amide bonds. The molecule has 86 valence electrons. The number of rotatable bonds is 4. The van der Waals surface area contributed by atoms with Crippen LogP contribution in [0.4, 0.5) is 0 Å². The van der Waals surface area contributed by atoms with Crippen LogP contribution in [0.1, 0.15) is 26.2 Å². The Labute approximate surface area is 90.0 Å². The summed E-state index contributed by atoms with van der Waals surface area (Å²) >= 11 is 0. The molecule has 0 aliphatic carbocycles. The number of amides is 2. The third-order valence-corrected chi connectivity index (χ3v) is 2.42. The first-order valence-corrected chi connectivity index (χ1v) is 5.52. The Kier molecular flexibility index (Phi) is 5.10. The van der Waals surface area contributed by atoms with Crippen LogP contribution >= 0.6 is 0 Å². The van der Waals surface area contributed by atoms with E-state index in [1.165, 1.54) is 0 Å². The molecule has 0 aromatic rings. The lowest BCUT2D eigenvalue weighted by Gasteiger charge is -2.22. The smallest absolute Gasteiger partial charge is 0.239 e. The van der Waals surface area contributed by atoms with E-state index < -0.39 is 0 Å². The second-order valence-corrected chi connectivity index (χ2v) is 3.67. The number of nitrogens with one attached hydrogen (secondary N) is 3. The highest BCUT2D eigenvalue weighted by Gasteiger charge is 2.20. The molecule has 5 nitrogen and oxygen atoms in total. The summed E-state index contributed by atoms with van der Waals surface area (Å²) in [5.74, 6) is -0.206. The van der Waals surface area contributed by atoms with Crippen LogP contribution in [0, 0.1) is 0 Å². The largest absolute Gasteiger partial charge is 0.355 e. The molecular weight excluding hydrogens is 194 g/mol. The Morgan fingerprint density at radius 2 is 2.13 bits per heavy atom. The summed E-state index contributed by atoms with van der Waals surface area (Å²) in [5.41, 5.74) is 0. The van der Waals surface area contributed by atoms with Crippen molar-refractivity contribution >= 4 is 11.8 Å². The maximum absolute atomic E-state index is 11.6. The number of hydrogen-bond acceptors (Lipinski definition) is 3. The molecule has 0 saturated carbocycles. The molecule has 1 atom stereocenters. The molecule has 3 N–H and O–H groups in total. The molecule has 1 fully saturated rings. The second-order valence-electron chi connectivity index (χ2n) is 3.67. The zero-order valence-electron chi connectivity index (χ0n) is 9.14. The van der Waals surface area contributed by atoms with Gasteiger partial charge >= 0.3 is 0 Å². The molecule has 0 spiro atoms. The van der Waals surface area contributed by atoms with Crippen LogP contribution in [0.25, 0.3) is 0 Å². The molecule has 1 aliphatic heterocycles. The zero-order valence-corrected chi connectivity index (χ0v) is 9.14. The summed E-state index contributed by atoms with van der Waals surface area (Å²) in [5, 5.41) is 8.38. The number of carbonyl (C=O) groups excluding carboxylic acids is 2. The maximum atomic E-state index is 11.6. The van der Waals surface area contributed by atoms with Gasteiger partial charge < -0.3 is 16.0 Å². The van der Waals surface area contributed by atoms with Crippen molar-refractivity contribution in [2.75, 3.05) is 19.6 Å². The van der Waals surface area contributed by atoms with Crippen LogP contribution in [0.15, 0.2) is 0 Å². The average molecular weight is 213 g/mol. The van der Waals surface area contributed by atoms with Crippen molar-refractivity contribution in [3.05, 3.63) is 0 Å². The third kappa shape index (κ3) is 4.29. The van der Waals surface area contributed by atoms with E-state index in [1.54, 1.807) is 0 Å². The SMILES string of the molecule is CCNC(=O)CNC(=O)C1CCCCN1. The van der Waals surface area contributed by atoms with E-state index in [0.717, 1.165) is 25.8 Å². The highest BCUT2D eigenvalue weighted by atomic mass is 16.2. The lowest BCUT2D eigenvalue weighted by molar-refractivity contribution is -0.127. The number of carbonyl (C=O) groups is 2. The van der Waals surface area contributed by atoms with Gasteiger partial charge in [-0.2, -0.15) is 0 Å². The number of likely N-dealkylation sites (N-methyl/N-ethyl adjacent to an activating group) is 1. The van der Waals surface area contributed by atoms with Gasteiger partial charge in [0, 0.05) is 6.54 Å². The molecule has 0 radical (unpaired) electrons. The molecule has 1 aliphatic rings. The summed E-state index contributed by atoms with van der Waals surface area (Å²) in [6.07, 6.45) is 3.06. The van der Waals surface area contributed by atoms with Gasteiger partial charge in [-0.25, -0.2) is 0 Å². The van der Waals surface area contributed by atoms with Crippen molar-refractivity contribution in [3.8, 4) is 0 Å². The Bertz CT molecular complexity index is 225. The fourth-order valence-electron chi connectivity index (χ4n) is 1.63. The minimum Gasteiger partial charge on any atom is -0.355 e. The molecule has 1 saturated heterocycles. The molecule has 15 heavy (non-hydrogen) atoms. The Hall–Kier alpha value is -1.10. The fourth-order valence-corrected chi connectivity index (χ4v) is 1.63. The zero-order chi connectivity index (χ0) is 11.1. The topological polar surface area (TPSA) is 70.2 Å². The van der Waals surface area contributed by atoms with Crippen molar-refractivity contribution in [1.29, 1.82) is 0 Å². The van der Waals surface area contributed by atoms with E-state index in [-0.39, 0.29) is 24.4 Å². The van der Waals surface area contributed by atoms with Crippen molar-refractivity contribution in [2.45, 2.75) is 32.2 Å². The Morgan fingerprint density at radius 3 is 2.73 bits per heavy atom. The van der Waals surface area contributed by atoms with E-state index in [4.69, 9.17) is 0 Å². The predicted octanol–water partition coefficient (Wildman–Crippen LogP) is -0.619.